The number of rotatable bonds is 2. The lowest BCUT2D eigenvalue weighted by Gasteiger charge is -2.22. The number of aryl methyl sites for hydroxylation is 2. The summed E-state index contributed by atoms with van der Waals surface area (Å²) in [7, 11) is 0. The third-order valence-corrected chi connectivity index (χ3v) is 4.35. The Labute approximate surface area is 109 Å². The van der Waals surface area contributed by atoms with Crippen molar-refractivity contribution in [1.82, 2.24) is 10.3 Å². The van der Waals surface area contributed by atoms with E-state index in [1.165, 1.54) is 40.6 Å². The van der Waals surface area contributed by atoms with Gasteiger partial charge >= 0.3 is 0 Å². The van der Waals surface area contributed by atoms with Crippen LogP contribution in [0.25, 0.3) is 10.9 Å². The molecule has 2 heteroatoms. The molecular formula is C16H22N2. The van der Waals surface area contributed by atoms with Crippen LogP contribution in [0.1, 0.15) is 42.5 Å². The monoisotopic (exact) mass is 242 g/mol. The number of nitrogens with one attached hydrogen (secondary N) is 2. The summed E-state index contributed by atoms with van der Waals surface area (Å²) in [6.07, 6.45) is 3.62. The summed E-state index contributed by atoms with van der Waals surface area (Å²) in [6.45, 7) is 6.81. The Bertz CT molecular complexity index is 547. The van der Waals surface area contributed by atoms with Gasteiger partial charge in [-0.05, 0) is 50.4 Å². The second kappa shape index (κ2) is 4.77. The predicted octanol–water partition coefficient (Wildman–Crippen LogP) is 3.51. The lowest BCUT2D eigenvalue weighted by molar-refractivity contribution is 0.453. The number of hydrogen-bond donors (Lipinski definition) is 2. The second-order valence-corrected chi connectivity index (χ2v) is 5.38. The van der Waals surface area contributed by atoms with E-state index in [1.54, 1.807) is 0 Å². The number of aromatic nitrogens is 1. The van der Waals surface area contributed by atoms with Gasteiger partial charge in [0.25, 0.3) is 0 Å². The van der Waals surface area contributed by atoms with E-state index in [-0.39, 0.29) is 0 Å². The minimum atomic E-state index is 0.711. The van der Waals surface area contributed by atoms with Crippen molar-refractivity contribution >= 4 is 10.9 Å². The van der Waals surface area contributed by atoms with Crippen molar-refractivity contribution < 1.29 is 0 Å². The van der Waals surface area contributed by atoms with Crippen LogP contribution >= 0.6 is 0 Å². The molecule has 96 valence electrons. The fraction of sp³-hybridized carbons (Fsp3) is 0.500. The van der Waals surface area contributed by atoms with Crippen LogP contribution < -0.4 is 5.32 Å². The maximum absolute atomic E-state index is 3.73. The molecule has 2 aromatic rings. The van der Waals surface area contributed by atoms with Gasteiger partial charge in [0.1, 0.15) is 0 Å². The zero-order chi connectivity index (χ0) is 12.5. The highest BCUT2D eigenvalue weighted by Gasteiger charge is 2.20. The molecule has 0 aliphatic carbocycles. The Balaban J connectivity index is 2.09. The minimum Gasteiger partial charge on any atom is -0.358 e. The van der Waals surface area contributed by atoms with E-state index < -0.39 is 0 Å². The van der Waals surface area contributed by atoms with Crippen molar-refractivity contribution in [3.05, 3.63) is 35.0 Å². The molecular weight excluding hydrogens is 220 g/mol. The molecule has 1 saturated heterocycles. The number of H-pyrrole nitrogens is 1. The number of benzene rings is 1. The molecule has 0 unspecified atom stereocenters. The number of aromatic amines is 1. The van der Waals surface area contributed by atoms with E-state index in [1.807, 2.05) is 0 Å². The van der Waals surface area contributed by atoms with Crippen LogP contribution in [0.5, 0.6) is 0 Å². The molecule has 0 bridgehead atoms. The van der Waals surface area contributed by atoms with Gasteiger partial charge in [0.05, 0.1) is 0 Å². The molecule has 2 N–H and O–H groups in total. The first kappa shape index (κ1) is 11.8. The number of fused-ring (bicyclic) bond motifs is 1. The Hall–Kier alpha value is -1.28. The van der Waals surface area contributed by atoms with Crippen molar-refractivity contribution in [3.8, 4) is 0 Å². The predicted molar refractivity (Wildman–Crippen MR) is 77.3 cm³/mol. The summed E-state index contributed by atoms with van der Waals surface area (Å²) in [6, 6.07) is 6.68. The maximum atomic E-state index is 3.73. The van der Waals surface area contributed by atoms with Crippen LogP contribution in [-0.4, -0.2) is 18.1 Å². The lowest BCUT2D eigenvalue weighted by Crippen LogP contribution is -2.27. The normalized spacial score (nSPS) is 17.4. The molecule has 2 nitrogen and oxygen atoms in total. The molecule has 0 spiro atoms. The lowest BCUT2D eigenvalue weighted by atomic mass is 9.92. The number of hydrogen-bond acceptors (Lipinski definition) is 1. The van der Waals surface area contributed by atoms with E-state index in [2.05, 4.69) is 42.3 Å². The second-order valence-electron chi connectivity index (χ2n) is 5.38. The van der Waals surface area contributed by atoms with Crippen LogP contribution in [-0.2, 0) is 6.42 Å². The van der Waals surface area contributed by atoms with Crippen molar-refractivity contribution in [2.45, 2.75) is 39.0 Å². The van der Waals surface area contributed by atoms with E-state index in [9.17, 15) is 0 Å². The summed E-state index contributed by atoms with van der Waals surface area (Å²) < 4.78 is 0. The third kappa shape index (κ3) is 1.85. The zero-order valence-corrected chi connectivity index (χ0v) is 11.3. The minimum absolute atomic E-state index is 0.711. The van der Waals surface area contributed by atoms with E-state index >= 15 is 0 Å². The molecule has 3 rings (SSSR count). The highest BCUT2D eigenvalue weighted by Crippen LogP contribution is 2.33. The summed E-state index contributed by atoms with van der Waals surface area (Å²) in [4.78, 5) is 3.73. The van der Waals surface area contributed by atoms with Crippen molar-refractivity contribution in [2.75, 3.05) is 13.1 Å². The SMILES string of the molecule is CCc1cccc2c(C)c(C3CCNCC3)[nH]c12. The van der Waals surface area contributed by atoms with E-state index in [4.69, 9.17) is 0 Å². The number of piperidine rings is 1. The molecule has 1 aliphatic heterocycles. The van der Waals surface area contributed by atoms with Gasteiger partial charge < -0.3 is 10.3 Å². The van der Waals surface area contributed by atoms with Gasteiger partial charge in [-0.2, -0.15) is 0 Å². The van der Waals surface area contributed by atoms with Gasteiger partial charge in [-0.15, -0.1) is 0 Å². The Morgan fingerprint density at radius 2 is 2.00 bits per heavy atom. The quantitative estimate of drug-likeness (QED) is 0.828. The maximum Gasteiger partial charge on any atom is 0.0491 e. The average Bonchev–Trinajstić information content (AvgIpc) is 2.77. The summed E-state index contributed by atoms with van der Waals surface area (Å²) in [5.41, 5.74) is 5.75. The van der Waals surface area contributed by atoms with Crippen LogP contribution in [0.15, 0.2) is 18.2 Å². The van der Waals surface area contributed by atoms with Crippen molar-refractivity contribution in [1.29, 1.82) is 0 Å². The molecule has 0 amide bonds. The Kier molecular flexibility index (Phi) is 3.13. The van der Waals surface area contributed by atoms with Crippen LogP contribution in [0, 0.1) is 6.92 Å². The Morgan fingerprint density at radius 1 is 1.22 bits per heavy atom. The molecule has 1 aliphatic rings. The van der Waals surface area contributed by atoms with E-state index in [0.29, 0.717) is 5.92 Å². The molecule has 0 saturated carbocycles. The molecule has 0 radical (unpaired) electrons. The van der Waals surface area contributed by atoms with Gasteiger partial charge in [-0.25, -0.2) is 0 Å². The smallest absolute Gasteiger partial charge is 0.0491 e. The van der Waals surface area contributed by atoms with Crippen molar-refractivity contribution in [2.24, 2.45) is 0 Å². The van der Waals surface area contributed by atoms with Gasteiger partial charge in [0.2, 0.25) is 0 Å². The molecule has 1 aromatic heterocycles. The zero-order valence-electron chi connectivity index (χ0n) is 11.3. The highest BCUT2D eigenvalue weighted by atomic mass is 14.9. The van der Waals surface area contributed by atoms with Gasteiger partial charge in [-0.3, -0.25) is 0 Å². The molecule has 2 heterocycles. The summed E-state index contributed by atoms with van der Waals surface area (Å²) in [5.74, 6) is 0.711. The Morgan fingerprint density at radius 3 is 2.72 bits per heavy atom. The van der Waals surface area contributed by atoms with Gasteiger partial charge in [0, 0.05) is 22.5 Å². The molecule has 1 fully saturated rings. The third-order valence-electron chi connectivity index (χ3n) is 4.35. The molecule has 1 aromatic carbocycles. The highest BCUT2D eigenvalue weighted by molar-refractivity contribution is 5.87. The van der Waals surface area contributed by atoms with E-state index in [0.717, 1.165) is 19.5 Å². The first-order valence-corrected chi connectivity index (χ1v) is 7.12. The fourth-order valence-electron chi connectivity index (χ4n) is 3.25. The van der Waals surface area contributed by atoms with Gasteiger partial charge in [0.15, 0.2) is 0 Å². The van der Waals surface area contributed by atoms with Crippen LogP contribution in [0.2, 0.25) is 0 Å². The molecule has 18 heavy (non-hydrogen) atoms. The van der Waals surface area contributed by atoms with Crippen LogP contribution in [0.4, 0.5) is 0 Å². The van der Waals surface area contributed by atoms with Gasteiger partial charge in [-0.1, -0.05) is 25.1 Å². The first-order valence-electron chi connectivity index (χ1n) is 7.12. The first-order chi connectivity index (χ1) is 8.81. The fourth-order valence-corrected chi connectivity index (χ4v) is 3.25. The largest absolute Gasteiger partial charge is 0.358 e. The summed E-state index contributed by atoms with van der Waals surface area (Å²) >= 11 is 0. The topological polar surface area (TPSA) is 27.8 Å². The standard InChI is InChI=1S/C16H22N2/c1-3-12-5-4-6-14-11(2)15(18-16(12)14)13-7-9-17-10-8-13/h4-6,13,17-18H,3,7-10H2,1-2H3. The summed E-state index contributed by atoms with van der Waals surface area (Å²) in [5, 5.41) is 4.87. The van der Waals surface area contributed by atoms with Crippen molar-refractivity contribution in [3.63, 3.8) is 0 Å². The average molecular weight is 242 g/mol. The molecule has 0 atom stereocenters. The van der Waals surface area contributed by atoms with Crippen LogP contribution in [0.3, 0.4) is 0 Å². The number of para-hydroxylation sites is 1.